The van der Waals surface area contributed by atoms with Gasteiger partial charge in [0.25, 0.3) is 0 Å². The molecule has 0 aliphatic rings. The van der Waals surface area contributed by atoms with E-state index in [2.05, 4.69) is 53.6 Å². The van der Waals surface area contributed by atoms with Crippen LogP contribution in [-0.2, 0) is 17.8 Å². The van der Waals surface area contributed by atoms with Gasteiger partial charge in [-0.2, -0.15) is 0 Å². The topological polar surface area (TPSA) is 69.0 Å². The average molecular weight is 439 g/mol. The molecule has 0 saturated heterocycles. The van der Waals surface area contributed by atoms with Crippen LogP contribution < -0.4 is 10.1 Å². The van der Waals surface area contributed by atoms with Crippen LogP contribution in [0, 0.1) is 0 Å². The molecule has 0 saturated carbocycles. The summed E-state index contributed by atoms with van der Waals surface area (Å²) in [6.07, 6.45) is 0.821. The van der Waals surface area contributed by atoms with E-state index in [9.17, 15) is 4.79 Å². The lowest BCUT2D eigenvalue weighted by Crippen LogP contribution is -2.27. The van der Waals surface area contributed by atoms with E-state index in [1.54, 1.807) is 7.11 Å². The van der Waals surface area contributed by atoms with Gasteiger partial charge in [-0.25, -0.2) is 0 Å². The number of nitrogens with zero attached hydrogens (tertiary/aromatic N) is 3. The molecule has 0 atom stereocenters. The number of amides is 1. The van der Waals surface area contributed by atoms with E-state index in [0.717, 1.165) is 35.3 Å². The number of nitrogens with one attached hydrogen (secondary N) is 1. The number of hydrogen-bond acceptors (Lipinski definition) is 5. The zero-order chi connectivity index (χ0) is 22.2. The summed E-state index contributed by atoms with van der Waals surface area (Å²) in [7, 11) is 1.64. The Balaban J connectivity index is 1.51. The molecular formula is C24H30N4O2S. The van der Waals surface area contributed by atoms with Gasteiger partial charge in [0.2, 0.25) is 5.91 Å². The molecule has 3 aromatic rings. The number of rotatable bonds is 10. The molecule has 0 radical (unpaired) electrons. The maximum Gasteiger partial charge on any atom is 0.230 e. The number of thioether (sulfide) groups is 1. The zero-order valence-corrected chi connectivity index (χ0v) is 19.4. The summed E-state index contributed by atoms with van der Waals surface area (Å²) in [5, 5.41) is 12.4. The van der Waals surface area contributed by atoms with Crippen molar-refractivity contribution in [2.24, 2.45) is 0 Å². The highest BCUT2D eigenvalue weighted by atomic mass is 32.2. The van der Waals surface area contributed by atoms with E-state index >= 15 is 0 Å². The third-order valence-corrected chi connectivity index (χ3v) is 6.06. The van der Waals surface area contributed by atoms with Gasteiger partial charge < -0.3 is 14.6 Å². The van der Waals surface area contributed by atoms with Crippen molar-refractivity contribution in [1.29, 1.82) is 0 Å². The average Bonchev–Trinajstić information content (AvgIpc) is 3.21. The van der Waals surface area contributed by atoms with E-state index in [0.29, 0.717) is 18.2 Å². The highest BCUT2D eigenvalue weighted by Gasteiger charge is 2.14. The van der Waals surface area contributed by atoms with Crippen LogP contribution in [0.25, 0.3) is 11.4 Å². The van der Waals surface area contributed by atoms with E-state index in [1.807, 2.05) is 35.8 Å². The Labute approximate surface area is 188 Å². The fraction of sp³-hybridized carbons (Fsp3) is 0.375. The van der Waals surface area contributed by atoms with Crippen LogP contribution in [0.5, 0.6) is 5.75 Å². The molecule has 0 fully saturated rings. The lowest BCUT2D eigenvalue weighted by atomic mass is 10.0. The van der Waals surface area contributed by atoms with Gasteiger partial charge in [-0.1, -0.05) is 49.9 Å². The van der Waals surface area contributed by atoms with Crippen LogP contribution in [0.4, 0.5) is 0 Å². The largest absolute Gasteiger partial charge is 0.497 e. The normalized spacial score (nSPS) is 11.0. The predicted octanol–water partition coefficient (Wildman–Crippen LogP) is 4.55. The maximum atomic E-state index is 12.3. The van der Waals surface area contributed by atoms with Crippen molar-refractivity contribution in [3.8, 4) is 17.1 Å². The third-order valence-electron chi connectivity index (χ3n) is 5.10. The SMILES string of the molecule is CCn1c(SCC(=O)NCCc2ccc(C(C)C)cc2)nnc1-c1ccc(OC)cc1. The third kappa shape index (κ3) is 6.10. The van der Waals surface area contributed by atoms with Crippen LogP contribution in [0.1, 0.15) is 37.8 Å². The summed E-state index contributed by atoms with van der Waals surface area (Å²) in [6.45, 7) is 7.77. The summed E-state index contributed by atoms with van der Waals surface area (Å²) in [6, 6.07) is 16.3. The van der Waals surface area contributed by atoms with Gasteiger partial charge in [0.1, 0.15) is 5.75 Å². The Morgan fingerprint density at radius 3 is 2.42 bits per heavy atom. The minimum Gasteiger partial charge on any atom is -0.497 e. The number of hydrogen-bond donors (Lipinski definition) is 1. The monoisotopic (exact) mass is 438 g/mol. The quantitative estimate of drug-likeness (QED) is 0.471. The first-order chi connectivity index (χ1) is 15.0. The summed E-state index contributed by atoms with van der Waals surface area (Å²) >= 11 is 1.41. The van der Waals surface area contributed by atoms with Crippen LogP contribution in [0.3, 0.4) is 0 Å². The van der Waals surface area contributed by atoms with Crippen LogP contribution >= 0.6 is 11.8 Å². The Morgan fingerprint density at radius 2 is 1.81 bits per heavy atom. The molecule has 1 aromatic heterocycles. The Morgan fingerprint density at radius 1 is 1.10 bits per heavy atom. The smallest absolute Gasteiger partial charge is 0.230 e. The van der Waals surface area contributed by atoms with Gasteiger partial charge in [-0.3, -0.25) is 4.79 Å². The van der Waals surface area contributed by atoms with Gasteiger partial charge in [0.15, 0.2) is 11.0 Å². The van der Waals surface area contributed by atoms with Crippen molar-refractivity contribution in [2.45, 2.75) is 44.8 Å². The molecule has 1 amide bonds. The number of carbonyl (C=O) groups is 1. The summed E-state index contributed by atoms with van der Waals surface area (Å²) in [4.78, 5) is 12.3. The molecule has 0 unspecified atom stereocenters. The van der Waals surface area contributed by atoms with Gasteiger partial charge in [-0.15, -0.1) is 10.2 Å². The maximum absolute atomic E-state index is 12.3. The number of carbonyl (C=O) groups excluding carboxylic acids is 1. The van der Waals surface area contributed by atoms with Crippen molar-refractivity contribution >= 4 is 17.7 Å². The lowest BCUT2D eigenvalue weighted by Gasteiger charge is -2.09. The molecule has 0 bridgehead atoms. The second-order valence-corrected chi connectivity index (χ2v) is 8.51. The Hall–Kier alpha value is -2.80. The first kappa shape index (κ1) is 22.9. The first-order valence-corrected chi connectivity index (χ1v) is 11.6. The molecule has 1 N–H and O–H groups in total. The summed E-state index contributed by atoms with van der Waals surface area (Å²) < 4.78 is 7.24. The zero-order valence-electron chi connectivity index (χ0n) is 18.6. The molecular weight excluding hydrogens is 408 g/mol. The highest BCUT2D eigenvalue weighted by molar-refractivity contribution is 7.99. The molecule has 2 aromatic carbocycles. The predicted molar refractivity (Wildman–Crippen MR) is 126 cm³/mol. The summed E-state index contributed by atoms with van der Waals surface area (Å²) in [5.41, 5.74) is 3.53. The van der Waals surface area contributed by atoms with Crippen LogP contribution in [0.15, 0.2) is 53.7 Å². The van der Waals surface area contributed by atoms with Crippen molar-refractivity contribution in [3.63, 3.8) is 0 Å². The molecule has 0 spiro atoms. The second kappa shape index (κ2) is 11.0. The molecule has 7 heteroatoms. The fourth-order valence-corrected chi connectivity index (χ4v) is 4.06. The minimum absolute atomic E-state index is 0.000418. The molecule has 0 aliphatic heterocycles. The van der Waals surface area contributed by atoms with E-state index < -0.39 is 0 Å². The van der Waals surface area contributed by atoms with E-state index in [4.69, 9.17) is 4.74 Å². The van der Waals surface area contributed by atoms with E-state index in [-0.39, 0.29) is 5.91 Å². The van der Waals surface area contributed by atoms with Gasteiger partial charge >= 0.3 is 0 Å². The Kier molecular flexibility index (Phi) is 8.12. The summed E-state index contributed by atoms with van der Waals surface area (Å²) in [5.74, 6) is 2.43. The van der Waals surface area contributed by atoms with Crippen LogP contribution in [-0.4, -0.2) is 40.1 Å². The first-order valence-electron chi connectivity index (χ1n) is 10.6. The highest BCUT2D eigenvalue weighted by Crippen LogP contribution is 2.25. The fourth-order valence-electron chi connectivity index (χ4n) is 3.23. The molecule has 1 heterocycles. The minimum atomic E-state index is 0.000418. The number of methoxy groups -OCH3 is 1. The molecule has 6 nitrogen and oxygen atoms in total. The van der Waals surface area contributed by atoms with Crippen molar-refractivity contribution in [2.75, 3.05) is 19.4 Å². The van der Waals surface area contributed by atoms with Crippen LogP contribution in [0.2, 0.25) is 0 Å². The number of benzene rings is 2. The Bertz CT molecular complexity index is 982. The number of aromatic nitrogens is 3. The van der Waals surface area contributed by atoms with Gasteiger partial charge in [0, 0.05) is 18.7 Å². The second-order valence-electron chi connectivity index (χ2n) is 7.56. The van der Waals surface area contributed by atoms with Gasteiger partial charge in [0.05, 0.1) is 12.9 Å². The molecule has 31 heavy (non-hydrogen) atoms. The van der Waals surface area contributed by atoms with E-state index in [1.165, 1.54) is 22.9 Å². The van der Waals surface area contributed by atoms with Gasteiger partial charge in [-0.05, 0) is 54.7 Å². The van der Waals surface area contributed by atoms with Crippen molar-refractivity contribution in [1.82, 2.24) is 20.1 Å². The van der Waals surface area contributed by atoms with Crippen molar-refractivity contribution in [3.05, 3.63) is 59.7 Å². The molecule has 164 valence electrons. The molecule has 3 rings (SSSR count). The van der Waals surface area contributed by atoms with Crippen molar-refractivity contribution < 1.29 is 9.53 Å². The number of ether oxygens (including phenoxy) is 1. The standard InChI is InChI=1S/C24H30N4O2S/c1-5-28-23(20-10-12-21(30-4)13-11-20)26-27-24(28)31-16-22(29)25-15-14-18-6-8-19(9-7-18)17(2)3/h6-13,17H,5,14-16H2,1-4H3,(H,25,29). The lowest BCUT2D eigenvalue weighted by molar-refractivity contribution is -0.118. The molecule has 0 aliphatic carbocycles.